The van der Waals surface area contributed by atoms with Crippen molar-refractivity contribution in [1.29, 1.82) is 0 Å². The van der Waals surface area contributed by atoms with Gasteiger partial charge in [-0.3, -0.25) is 4.79 Å². The smallest absolute Gasteiger partial charge is 0.329 e. The van der Waals surface area contributed by atoms with Gasteiger partial charge in [0.05, 0.1) is 0 Å². The molecule has 1 amide bonds. The molecule has 0 spiro atoms. The van der Waals surface area contributed by atoms with Gasteiger partial charge in [0.2, 0.25) is 0 Å². The second-order valence-corrected chi connectivity index (χ2v) is 5.42. The molecule has 5 heteroatoms. The van der Waals surface area contributed by atoms with Gasteiger partial charge >= 0.3 is 5.97 Å². The number of carbonyl (C=O) groups excluding carboxylic acids is 1. The molecule has 0 aliphatic heterocycles. The number of amides is 1. The van der Waals surface area contributed by atoms with E-state index in [1.165, 1.54) is 0 Å². The fourth-order valence-electron chi connectivity index (χ4n) is 1.91. The standard InChI is InChI=1S/C14H18BrNO3/c1-4-14(5-2,13(18)19)16-12(17)11-8-10(15)7-6-9(11)3/h6-8H,4-5H2,1-3H3,(H,16,17)(H,18,19). The van der Waals surface area contributed by atoms with Gasteiger partial charge in [-0.05, 0) is 37.5 Å². The van der Waals surface area contributed by atoms with Crippen LogP contribution in [0.3, 0.4) is 0 Å². The summed E-state index contributed by atoms with van der Waals surface area (Å²) in [5.41, 5.74) is 0.0975. The number of carboxylic acid groups (broad SMARTS) is 1. The number of aliphatic carboxylic acids is 1. The van der Waals surface area contributed by atoms with Crippen LogP contribution in [0.15, 0.2) is 22.7 Å². The Balaban J connectivity index is 3.07. The highest BCUT2D eigenvalue weighted by Gasteiger charge is 2.36. The number of carboxylic acids is 1. The van der Waals surface area contributed by atoms with Crippen molar-refractivity contribution in [3.05, 3.63) is 33.8 Å². The van der Waals surface area contributed by atoms with Crippen molar-refractivity contribution in [2.75, 3.05) is 0 Å². The van der Waals surface area contributed by atoms with Crippen LogP contribution < -0.4 is 5.32 Å². The van der Waals surface area contributed by atoms with Crippen LogP contribution in [-0.4, -0.2) is 22.5 Å². The minimum atomic E-state index is -1.20. The molecular formula is C14H18BrNO3. The molecule has 4 nitrogen and oxygen atoms in total. The fourth-order valence-corrected chi connectivity index (χ4v) is 2.27. The van der Waals surface area contributed by atoms with E-state index in [1.807, 2.05) is 19.1 Å². The van der Waals surface area contributed by atoms with Gasteiger partial charge in [0.1, 0.15) is 5.54 Å². The van der Waals surface area contributed by atoms with E-state index in [4.69, 9.17) is 0 Å². The first-order valence-electron chi connectivity index (χ1n) is 6.18. The number of benzene rings is 1. The van der Waals surface area contributed by atoms with Crippen LogP contribution in [-0.2, 0) is 4.79 Å². The molecule has 1 aromatic rings. The number of halogens is 1. The number of hydrogen-bond donors (Lipinski definition) is 2. The largest absolute Gasteiger partial charge is 0.480 e. The monoisotopic (exact) mass is 327 g/mol. The van der Waals surface area contributed by atoms with Gasteiger partial charge in [-0.25, -0.2) is 4.79 Å². The summed E-state index contributed by atoms with van der Waals surface area (Å²) < 4.78 is 0.789. The Bertz CT molecular complexity index is 495. The maximum absolute atomic E-state index is 12.3. The third-order valence-corrected chi connectivity index (χ3v) is 3.91. The average molecular weight is 328 g/mol. The SMILES string of the molecule is CCC(CC)(NC(=O)c1cc(Br)ccc1C)C(=O)O. The van der Waals surface area contributed by atoms with Crippen LogP contribution in [0, 0.1) is 6.92 Å². The van der Waals surface area contributed by atoms with E-state index < -0.39 is 11.5 Å². The highest BCUT2D eigenvalue weighted by atomic mass is 79.9. The lowest BCUT2D eigenvalue weighted by Crippen LogP contribution is -2.53. The highest BCUT2D eigenvalue weighted by Crippen LogP contribution is 2.20. The van der Waals surface area contributed by atoms with Crippen LogP contribution in [0.2, 0.25) is 0 Å². The topological polar surface area (TPSA) is 66.4 Å². The van der Waals surface area contributed by atoms with E-state index >= 15 is 0 Å². The molecule has 1 aromatic carbocycles. The first-order chi connectivity index (χ1) is 8.86. The van der Waals surface area contributed by atoms with Crippen molar-refractivity contribution in [3.63, 3.8) is 0 Å². The van der Waals surface area contributed by atoms with Gasteiger partial charge in [-0.15, -0.1) is 0 Å². The van der Waals surface area contributed by atoms with E-state index in [2.05, 4.69) is 21.2 Å². The zero-order valence-corrected chi connectivity index (χ0v) is 12.9. The van der Waals surface area contributed by atoms with Crippen molar-refractivity contribution in [2.24, 2.45) is 0 Å². The molecule has 0 saturated heterocycles. The molecule has 0 aromatic heterocycles. The van der Waals surface area contributed by atoms with E-state index in [0.717, 1.165) is 10.0 Å². The summed E-state index contributed by atoms with van der Waals surface area (Å²) in [5.74, 6) is -1.36. The summed E-state index contributed by atoms with van der Waals surface area (Å²) in [6, 6.07) is 5.36. The van der Waals surface area contributed by atoms with Gasteiger partial charge < -0.3 is 10.4 Å². The molecule has 0 bridgehead atoms. The summed E-state index contributed by atoms with van der Waals surface area (Å²) in [4.78, 5) is 23.6. The van der Waals surface area contributed by atoms with Crippen molar-refractivity contribution < 1.29 is 14.7 Å². The minimum absolute atomic E-state index is 0.345. The highest BCUT2D eigenvalue weighted by molar-refractivity contribution is 9.10. The zero-order chi connectivity index (χ0) is 14.6. The number of aryl methyl sites for hydroxylation is 1. The molecule has 2 N–H and O–H groups in total. The van der Waals surface area contributed by atoms with Crippen LogP contribution in [0.4, 0.5) is 0 Å². The minimum Gasteiger partial charge on any atom is -0.480 e. The molecule has 104 valence electrons. The van der Waals surface area contributed by atoms with E-state index in [1.54, 1.807) is 19.9 Å². The van der Waals surface area contributed by atoms with Crippen molar-refractivity contribution in [1.82, 2.24) is 5.32 Å². The number of rotatable bonds is 5. The first kappa shape index (κ1) is 15.7. The molecule has 0 unspecified atom stereocenters. The van der Waals surface area contributed by atoms with Gasteiger partial charge in [0.25, 0.3) is 5.91 Å². The molecule has 0 atom stereocenters. The Morgan fingerprint density at radius 3 is 2.37 bits per heavy atom. The third-order valence-electron chi connectivity index (χ3n) is 3.41. The van der Waals surface area contributed by atoms with Gasteiger partial charge in [-0.1, -0.05) is 35.8 Å². The predicted molar refractivity (Wildman–Crippen MR) is 77.3 cm³/mol. The predicted octanol–water partition coefficient (Wildman–Crippen LogP) is 3.13. The molecule has 0 saturated carbocycles. The Morgan fingerprint density at radius 1 is 1.32 bits per heavy atom. The van der Waals surface area contributed by atoms with E-state index in [0.29, 0.717) is 18.4 Å². The Labute approximate surface area is 121 Å². The lowest BCUT2D eigenvalue weighted by molar-refractivity contribution is -0.144. The Morgan fingerprint density at radius 2 is 1.89 bits per heavy atom. The molecule has 0 aliphatic carbocycles. The van der Waals surface area contributed by atoms with Crippen LogP contribution in [0.25, 0.3) is 0 Å². The lowest BCUT2D eigenvalue weighted by atomic mass is 9.92. The molecule has 19 heavy (non-hydrogen) atoms. The normalized spacial score (nSPS) is 11.2. The Kier molecular flexibility index (Phi) is 5.11. The molecule has 0 radical (unpaired) electrons. The second kappa shape index (κ2) is 6.19. The van der Waals surface area contributed by atoms with Gasteiger partial charge in [0, 0.05) is 10.0 Å². The quantitative estimate of drug-likeness (QED) is 0.873. The molecule has 1 rings (SSSR count). The first-order valence-corrected chi connectivity index (χ1v) is 6.97. The molecule has 0 heterocycles. The second-order valence-electron chi connectivity index (χ2n) is 4.51. The Hall–Kier alpha value is -1.36. The maximum atomic E-state index is 12.3. The fraction of sp³-hybridized carbons (Fsp3) is 0.429. The van der Waals surface area contributed by atoms with E-state index in [-0.39, 0.29) is 5.91 Å². The van der Waals surface area contributed by atoms with Crippen molar-refractivity contribution >= 4 is 27.8 Å². The van der Waals surface area contributed by atoms with Crippen molar-refractivity contribution in [2.45, 2.75) is 39.2 Å². The zero-order valence-electron chi connectivity index (χ0n) is 11.3. The van der Waals surface area contributed by atoms with Crippen LogP contribution in [0.5, 0.6) is 0 Å². The maximum Gasteiger partial charge on any atom is 0.329 e. The van der Waals surface area contributed by atoms with Crippen molar-refractivity contribution in [3.8, 4) is 0 Å². The third kappa shape index (κ3) is 3.35. The summed E-state index contributed by atoms with van der Waals surface area (Å²) in [6.07, 6.45) is 0.690. The number of carbonyl (C=O) groups is 2. The lowest BCUT2D eigenvalue weighted by Gasteiger charge is -2.28. The molecular weight excluding hydrogens is 310 g/mol. The average Bonchev–Trinajstić information content (AvgIpc) is 2.38. The summed E-state index contributed by atoms with van der Waals surface area (Å²) in [7, 11) is 0. The number of hydrogen-bond acceptors (Lipinski definition) is 2. The summed E-state index contributed by atoms with van der Waals surface area (Å²) >= 11 is 3.31. The molecule has 0 aliphatic rings. The van der Waals surface area contributed by atoms with Gasteiger partial charge in [-0.2, -0.15) is 0 Å². The summed E-state index contributed by atoms with van der Waals surface area (Å²) in [5, 5.41) is 12.0. The molecule has 0 fully saturated rings. The number of nitrogens with one attached hydrogen (secondary N) is 1. The van der Waals surface area contributed by atoms with E-state index in [9.17, 15) is 14.7 Å². The van der Waals surface area contributed by atoms with Gasteiger partial charge in [0.15, 0.2) is 0 Å². The summed E-state index contributed by atoms with van der Waals surface area (Å²) in [6.45, 7) is 5.33. The van der Waals surface area contributed by atoms with Crippen LogP contribution in [0.1, 0.15) is 42.6 Å². The van der Waals surface area contributed by atoms with Crippen LogP contribution >= 0.6 is 15.9 Å².